The summed E-state index contributed by atoms with van der Waals surface area (Å²) in [5.41, 5.74) is 4.08. The molecule has 1 heterocycles. The van der Waals surface area contributed by atoms with E-state index >= 15 is 0 Å². The third kappa shape index (κ3) is 1.74. The number of carbonyl (C=O) groups is 1. The van der Waals surface area contributed by atoms with Crippen LogP contribution in [0.2, 0.25) is 0 Å². The van der Waals surface area contributed by atoms with Crippen molar-refractivity contribution in [2.24, 2.45) is 0 Å². The van der Waals surface area contributed by atoms with Gasteiger partial charge in [-0.05, 0) is 29.3 Å². The van der Waals surface area contributed by atoms with Crippen LogP contribution in [0.5, 0.6) is 5.75 Å². The van der Waals surface area contributed by atoms with Crippen molar-refractivity contribution >= 4 is 11.6 Å². The molecule has 0 saturated carbocycles. The van der Waals surface area contributed by atoms with E-state index in [0.717, 1.165) is 28.1 Å². The molecule has 0 spiro atoms. The number of nitrogens with one attached hydrogen (secondary N) is 1. The van der Waals surface area contributed by atoms with Crippen molar-refractivity contribution in [2.75, 3.05) is 12.4 Å². The van der Waals surface area contributed by atoms with Gasteiger partial charge in [0.05, 0.1) is 13.5 Å². The second-order valence-electron chi connectivity index (χ2n) is 4.30. The van der Waals surface area contributed by atoms with Crippen molar-refractivity contribution in [2.45, 2.75) is 6.42 Å². The minimum Gasteiger partial charge on any atom is -0.496 e. The Morgan fingerprint density at radius 2 is 2.00 bits per heavy atom. The molecular formula is C15H13NO2. The zero-order valence-corrected chi connectivity index (χ0v) is 10.1. The summed E-state index contributed by atoms with van der Waals surface area (Å²) in [5.74, 6) is 0.900. The Balaban J connectivity index is 2.08. The van der Waals surface area contributed by atoms with Crippen molar-refractivity contribution in [3.05, 3.63) is 48.0 Å². The molecule has 2 aromatic carbocycles. The summed E-state index contributed by atoms with van der Waals surface area (Å²) in [6.07, 6.45) is 0.457. The highest BCUT2D eigenvalue weighted by atomic mass is 16.5. The van der Waals surface area contributed by atoms with Crippen LogP contribution in [0.25, 0.3) is 11.1 Å². The molecule has 0 aromatic heterocycles. The zero-order valence-electron chi connectivity index (χ0n) is 10.1. The summed E-state index contributed by atoms with van der Waals surface area (Å²) in [4.78, 5) is 11.3. The first kappa shape index (κ1) is 10.8. The van der Waals surface area contributed by atoms with Crippen LogP contribution >= 0.6 is 0 Å². The van der Waals surface area contributed by atoms with Crippen molar-refractivity contribution in [1.29, 1.82) is 0 Å². The van der Waals surface area contributed by atoms with Gasteiger partial charge >= 0.3 is 0 Å². The second kappa shape index (κ2) is 4.18. The van der Waals surface area contributed by atoms with E-state index in [9.17, 15) is 4.79 Å². The molecule has 1 N–H and O–H groups in total. The Morgan fingerprint density at radius 1 is 1.17 bits per heavy atom. The summed E-state index contributed by atoms with van der Waals surface area (Å²) >= 11 is 0. The quantitative estimate of drug-likeness (QED) is 0.875. The first-order valence-corrected chi connectivity index (χ1v) is 5.84. The minimum absolute atomic E-state index is 0.0576. The van der Waals surface area contributed by atoms with Gasteiger partial charge < -0.3 is 10.1 Å². The van der Waals surface area contributed by atoms with E-state index in [0.29, 0.717) is 6.42 Å². The largest absolute Gasteiger partial charge is 0.496 e. The van der Waals surface area contributed by atoms with Crippen LogP contribution in [0.15, 0.2) is 42.5 Å². The molecule has 0 bridgehead atoms. The van der Waals surface area contributed by atoms with Gasteiger partial charge in [-0.25, -0.2) is 0 Å². The van der Waals surface area contributed by atoms with Gasteiger partial charge in [0.15, 0.2) is 0 Å². The second-order valence-corrected chi connectivity index (χ2v) is 4.30. The third-order valence-corrected chi connectivity index (χ3v) is 3.15. The first-order chi connectivity index (χ1) is 8.78. The van der Waals surface area contributed by atoms with E-state index in [1.807, 2.05) is 42.5 Å². The predicted octanol–water partition coefficient (Wildman–Crippen LogP) is 2.86. The average Bonchev–Trinajstić information content (AvgIpc) is 2.77. The number of para-hydroxylation sites is 1. The highest BCUT2D eigenvalue weighted by Crippen LogP contribution is 2.33. The van der Waals surface area contributed by atoms with Crippen LogP contribution in [0.3, 0.4) is 0 Å². The van der Waals surface area contributed by atoms with Crippen LogP contribution in [0.1, 0.15) is 5.56 Å². The van der Waals surface area contributed by atoms with Crippen LogP contribution < -0.4 is 10.1 Å². The van der Waals surface area contributed by atoms with E-state index in [-0.39, 0.29) is 5.91 Å². The van der Waals surface area contributed by atoms with Gasteiger partial charge in [-0.2, -0.15) is 0 Å². The maximum Gasteiger partial charge on any atom is 0.228 e. The lowest BCUT2D eigenvalue weighted by Gasteiger charge is -2.09. The lowest BCUT2D eigenvalue weighted by Crippen LogP contribution is -2.03. The highest BCUT2D eigenvalue weighted by Gasteiger charge is 2.18. The SMILES string of the molecule is COc1ccccc1-c1ccc2c(c1)CC(=O)N2. The number of rotatable bonds is 2. The lowest BCUT2D eigenvalue weighted by atomic mass is 10.0. The van der Waals surface area contributed by atoms with E-state index in [1.165, 1.54) is 0 Å². The molecule has 0 saturated heterocycles. The Labute approximate surface area is 105 Å². The summed E-state index contributed by atoms with van der Waals surface area (Å²) in [6, 6.07) is 13.9. The van der Waals surface area contributed by atoms with Crippen molar-refractivity contribution in [1.82, 2.24) is 0 Å². The summed E-state index contributed by atoms with van der Waals surface area (Å²) in [7, 11) is 1.66. The molecule has 0 fully saturated rings. The molecule has 3 nitrogen and oxygen atoms in total. The maximum absolute atomic E-state index is 11.3. The molecule has 18 heavy (non-hydrogen) atoms. The normalized spacial score (nSPS) is 13.1. The van der Waals surface area contributed by atoms with Crippen LogP contribution in [-0.4, -0.2) is 13.0 Å². The number of hydrogen-bond acceptors (Lipinski definition) is 2. The van der Waals surface area contributed by atoms with E-state index in [4.69, 9.17) is 4.74 Å². The van der Waals surface area contributed by atoms with Crippen molar-refractivity contribution in [3.63, 3.8) is 0 Å². The smallest absolute Gasteiger partial charge is 0.228 e. The van der Waals surface area contributed by atoms with Crippen molar-refractivity contribution in [3.8, 4) is 16.9 Å². The van der Waals surface area contributed by atoms with Gasteiger partial charge in [0.1, 0.15) is 5.75 Å². The Hall–Kier alpha value is -2.29. The molecule has 2 aromatic rings. The number of methoxy groups -OCH3 is 1. The minimum atomic E-state index is 0.0576. The zero-order chi connectivity index (χ0) is 12.5. The Morgan fingerprint density at radius 3 is 2.83 bits per heavy atom. The Kier molecular flexibility index (Phi) is 2.52. The standard InChI is InChI=1S/C15H13NO2/c1-18-14-5-3-2-4-12(14)10-6-7-13-11(8-10)9-15(17)16-13/h2-8H,9H2,1H3,(H,16,17). The van der Waals surface area contributed by atoms with Gasteiger partial charge in [-0.3, -0.25) is 4.79 Å². The van der Waals surface area contributed by atoms with Gasteiger partial charge in [-0.15, -0.1) is 0 Å². The molecule has 1 aliphatic rings. The van der Waals surface area contributed by atoms with Crippen molar-refractivity contribution < 1.29 is 9.53 Å². The summed E-state index contributed by atoms with van der Waals surface area (Å²) in [5, 5.41) is 2.83. The first-order valence-electron chi connectivity index (χ1n) is 5.84. The number of amides is 1. The molecule has 3 rings (SSSR count). The number of carbonyl (C=O) groups excluding carboxylic acids is 1. The highest BCUT2D eigenvalue weighted by molar-refractivity contribution is 5.99. The molecule has 90 valence electrons. The predicted molar refractivity (Wildman–Crippen MR) is 70.8 cm³/mol. The third-order valence-electron chi connectivity index (χ3n) is 3.15. The molecular weight excluding hydrogens is 226 g/mol. The number of benzene rings is 2. The summed E-state index contributed by atoms with van der Waals surface area (Å²) < 4.78 is 5.36. The van der Waals surface area contributed by atoms with Gasteiger partial charge in [0, 0.05) is 11.3 Å². The van der Waals surface area contributed by atoms with Crippen LogP contribution in [0, 0.1) is 0 Å². The molecule has 0 aliphatic carbocycles. The molecule has 0 unspecified atom stereocenters. The number of anilines is 1. The molecule has 1 aliphatic heterocycles. The number of hydrogen-bond donors (Lipinski definition) is 1. The topological polar surface area (TPSA) is 38.3 Å². The Bertz CT molecular complexity index is 620. The molecule has 3 heteroatoms. The van der Waals surface area contributed by atoms with Gasteiger partial charge in [-0.1, -0.05) is 24.3 Å². The maximum atomic E-state index is 11.3. The van der Waals surface area contributed by atoms with Gasteiger partial charge in [0.2, 0.25) is 5.91 Å². The monoisotopic (exact) mass is 239 g/mol. The van der Waals surface area contributed by atoms with Gasteiger partial charge in [0.25, 0.3) is 0 Å². The van der Waals surface area contributed by atoms with E-state index < -0.39 is 0 Å². The summed E-state index contributed by atoms with van der Waals surface area (Å²) in [6.45, 7) is 0. The molecule has 0 atom stereocenters. The fourth-order valence-electron chi connectivity index (χ4n) is 2.28. The van der Waals surface area contributed by atoms with Crippen LogP contribution in [-0.2, 0) is 11.2 Å². The fraction of sp³-hybridized carbons (Fsp3) is 0.133. The molecule has 0 radical (unpaired) electrons. The fourth-order valence-corrected chi connectivity index (χ4v) is 2.28. The lowest BCUT2D eigenvalue weighted by molar-refractivity contribution is -0.115. The number of ether oxygens (including phenoxy) is 1. The molecule has 1 amide bonds. The van der Waals surface area contributed by atoms with E-state index in [2.05, 4.69) is 5.32 Å². The number of fused-ring (bicyclic) bond motifs is 1. The van der Waals surface area contributed by atoms with Crippen LogP contribution in [0.4, 0.5) is 5.69 Å². The van der Waals surface area contributed by atoms with E-state index in [1.54, 1.807) is 7.11 Å². The average molecular weight is 239 g/mol.